The number of nitrogens with zero attached hydrogens (tertiary/aromatic N) is 3. The van der Waals surface area contributed by atoms with Crippen LogP contribution in [-0.2, 0) is 20.9 Å². The molecular formula is C24H34N4O3. The Morgan fingerprint density at radius 2 is 1.87 bits per heavy atom. The third-order valence-corrected chi connectivity index (χ3v) is 8.17. The van der Waals surface area contributed by atoms with Crippen LogP contribution in [0, 0.1) is 24.7 Å². The number of likely N-dealkylation sites (tertiary alicyclic amines) is 1. The lowest BCUT2D eigenvalue weighted by Crippen LogP contribution is -2.53. The summed E-state index contributed by atoms with van der Waals surface area (Å²) in [5.74, 6) is 1.01. The smallest absolute Gasteiger partial charge is 0.249 e. The van der Waals surface area contributed by atoms with Crippen molar-refractivity contribution in [3.05, 3.63) is 17.5 Å². The minimum atomic E-state index is -0.480. The second-order valence-corrected chi connectivity index (χ2v) is 10.2. The number of carbonyl (C=O) groups excluding carboxylic acids is 3. The van der Waals surface area contributed by atoms with Gasteiger partial charge in [-0.15, -0.1) is 0 Å². The summed E-state index contributed by atoms with van der Waals surface area (Å²) in [6, 6.07) is 1.77. The summed E-state index contributed by atoms with van der Waals surface area (Å²) in [6.07, 6.45) is 10.3. The normalized spacial score (nSPS) is 32.3. The quantitative estimate of drug-likeness (QED) is 0.751. The maximum atomic E-state index is 13.0. The van der Waals surface area contributed by atoms with E-state index in [1.165, 1.54) is 43.5 Å². The molecule has 4 aliphatic rings. The van der Waals surface area contributed by atoms with Crippen molar-refractivity contribution in [1.29, 1.82) is 0 Å². The number of carbonyl (C=O) groups is 3. The van der Waals surface area contributed by atoms with Gasteiger partial charge < -0.3 is 4.90 Å². The molecule has 4 atom stereocenters. The Labute approximate surface area is 183 Å². The van der Waals surface area contributed by atoms with Crippen LogP contribution in [0.15, 0.2) is 6.07 Å². The fourth-order valence-electron chi connectivity index (χ4n) is 6.41. The number of fused-ring (bicyclic) bond motifs is 1. The van der Waals surface area contributed by atoms with Gasteiger partial charge in [-0.1, -0.05) is 19.3 Å². The largest absolute Gasteiger partial charge is 0.330 e. The van der Waals surface area contributed by atoms with Gasteiger partial charge >= 0.3 is 0 Å². The molecule has 2 saturated heterocycles. The van der Waals surface area contributed by atoms with Crippen LogP contribution in [0.1, 0.15) is 81.5 Å². The van der Waals surface area contributed by atoms with Crippen LogP contribution >= 0.6 is 0 Å². The predicted molar refractivity (Wildman–Crippen MR) is 115 cm³/mol. The molecule has 1 N–H and O–H groups in total. The average molecular weight is 427 g/mol. The Morgan fingerprint density at radius 3 is 2.65 bits per heavy atom. The summed E-state index contributed by atoms with van der Waals surface area (Å²) >= 11 is 0. The first-order valence-corrected chi connectivity index (χ1v) is 12.2. The number of hydrogen-bond acceptors (Lipinski definition) is 4. The highest BCUT2D eigenvalue weighted by Gasteiger charge is 2.48. The number of aromatic nitrogens is 2. The molecule has 31 heavy (non-hydrogen) atoms. The van der Waals surface area contributed by atoms with E-state index in [2.05, 4.69) is 23.0 Å². The molecule has 5 rings (SSSR count). The van der Waals surface area contributed by atoms with Gasteiger partial charge in [-0.05, 0) is 63.4 Å². The highest BCUT2D eigenvalue weighted by atomic mass is 16.2. The third-order valence-electron chi connectivity index (χ3n) is 8.17. The topological polar surface area (TPSA) is 84.3 Å². The molecule has 7 nitrogen and oxygen atoms in total. The summed E-state index contributed by atoms with van der Waals surface area (Å²) in [4.78, 5) is 38.6. The van der Waals surface area contributed by atoms with Gasteiger partial charge in [-0.2, -0.15) is 5.10 Å². The number of hydrogen-bond donors (Lipinski definition) is 1. The first-order chi connectivity index (χ1) is 15.0. The van der Waals surface area contributed by atoms with Crippen LogP contribution in [0.3, 0.4) is 0 Å². The van der Waals surface area contributed by atoms with Crippen LogP contribution in [0.25, 0.3) is 0 Å². The monoisotopic (exact) mass is 426 g/mol. The van der Waals surface area contributed by atoms with E-state index in [1.54, 1.807) is 4.90 Å². The Hall–Kier alpha value is -2.18. The van der Waals surface area contributed by atoms with Crippen LogP contribution in [0.4, 0.5) is 0 Å². The van der Waals surface area contributed by atoms with E-state index >= 15 is 0 Å². The molecule has 2 aliphatic heterocycles. The highest BCUT2D eigenvalue weighted by molar-refractivity contribution is 6.02. The Balaban J connectivity index is 1.24. The van der Waals surface area contributed by atoms with Gasteiger partial charge in [0.1, 0.15) is 6.04 Å². The van der Waals surface area contributed by atoms with Gasteiger partial charge in [-0.3, -0.25) is 24.4 Å². The number of rotatable bonds is 4. The Kier molecular flexibility index (Phi) is 5.61. The lowest BCUT2D eigenvalue weighted by Gasteiger charge is -2.29. The molecule has 0 bridgehead atoms. The summed E-state index contributed by atoms with van der Waals surface area (Å²) < 4.78 is 2.22. The molecule has 2 aliphatic carbocycles. The summed E-state index contributed by atoms with van der Waals surface area (Å²) in [7, 11) is 0. The van der Waals surface area contributed by atoms with Crippen molar-refractivity contribution in [3.63, 3.8) is 0 Å². The molecule has 3 heterocycles. The van der Waals surface area contributed by atoms with Crippen molar-refractivity contribution in [2.24, 2.45) is 17.8 Å². The van der Waals surface area contributed by atoms with Gasteiger partial charge in [0.2, 0.25) is 17.7 Å². The zero-order chi connectivity index (χ0) is 21.5. The second-order valence-electron chi connectivity index (χ2n) is 10.2. The molecular weight excluding hydrogens is 392 g/mol. The average Bonchev–Trinajstić information content (AvgIpc) is 3.28. The molecule has 3 amide bonds. The summed E-state index contributed by atoms with van der Waals surface area (Å²) in [5.41, 5.74) is 2.43. The van der Waals surface area contributed by atoms with E-state index < -0.39 is 6.04 Å². The molecule has 4 unspecified atom stereocenters. The lowest BCUT2D eigenvalue weighted by molar-refractivity contribution is -0.144. The number of nitrogens with one attached hydrogen (secondary N) is 1. The summed E-state index contributed by atoms with van der Waals surface area (Å²) in [5, 5.41) is 7.41. The minimum Gasteiger partial charge on any atom is -0.330 e. The van der Waals surface area contributed by atoms with E-state index in [0.29, 0.717) is 25.3 Å². The van der Waals surface area contributed by atoms with Gasteiger partial charge in [0.25, 0.3) is 0 Å². The standard InChI is InChI=1S/C24H34N4O3/c1-15-11-20(26-28(15)13-16-5-3-2-4-6-16)17-7-8-19-18(12-17)14-27(24(19)31)21-9-10-22(29)25-23(21)30/h11,16-19,21H,2-10,12-14H2,1H3,(H,25,29,30). The number of aryl methyl sites for hydroxylation is 1. The molecule has 1 aromatic rings. The van der Waals surface area contributed by atoms with Crippen molar-refractivity contribution >= 4 is 17.7 Å². The van der Waals surface area contributed by atoms with E-state index in [0.717, 1.165) is 31.7 Å². The fraction of sp³-hybridized carbons (Fsp3) is 0.750. The van der Waals surface area contributed by atoms with E-state index in [9.17, 15) is 14.4 Å². The summed E-state index contributed by atoms with van der Waals surface area (Å²) in [6.45, 7) is 3.83. The van der Waals surface area contributed by atoms with Crippen molar-refractivity contribution in [2.45, 2.75) is 89.6 Å². The Morgan fingerprint density at radius 1 is 1.06 bits per heavy atom. The second kappa shape index (κ2) is 8.40. The molecule has 0 radical (unpaired) electrons. The first kappa shape index (κ1) is 20.7. The van der Waals surface area contributed by atoms with Crippen LogP contribution in [0.2, 0.25) is 0 Å². The molecule has 7 heteroatoms. The van der Waals surface area contributed by atoms with E-state index in [1.807, 2.05) is 0 Å². The first-order valence-electron chi connectivity index (χ1n) is 12.2. The SMILES string of the molecule is Cc1cc(C2CCC3C(=O)N(C4CCC(=O)NC4=O)CC3C2)nn1CC1CCCCC1. The van der Waals surface area contributed by atoms with E-state index in [4.69, 9.17) is 5.10 Å². The van der Waals surface area contributed by atoms with Crippen molar-refractivity contribution in [2.75, 3.05) is 6.54 Å². The van der Waals surface area contributed by atoms with Crippen LogP contribution in [-0.4, -0.2) is 45.0 Å². The maximum Gasteiger partial charge on any atom is 0.249 e. The van der Waals surface area contributed by atoms with Crippen LogP contribution < -0.4 is 5.32 Å². The number of piperidine rings is 1. The molecule has 168 valence electrons. The number of amides is 3. The Bertz CT molecular complexity index is 872. The zero-order valence-electron chi connectivity index (χ0n) is 18.5. The minimum absolute atomic E-state index is 0.0205. The lowest BCUT2D eigenvalue weighted by atomic mass is 9.74. The van der Waals surface area contributed by atoms with Gasteiger partial charge in [-0.25, -0.2) is 0 Å². The van der Waals surface area contributed by atoms with Crippen molar-refractivity contribution in [1.82, 2.24) is 20.0 Å². The number of imide groups is 1. The fourth-order valence-corrected chi connectivity index (χ4v) is 6.41. The molecule has 2 saturated carbocycles. The molecule has 0 spiro atoms. The van der Waals surface area contributed by atoms with Crippen LogP contribution in [0.5, 0.6) is 0 Å². The maximum absolute atomic E-state index is 13.0. The van der Waals surface area contributed by atoms with E-state index in [-0.39, 0.29) is 29.6 Å². The third kappa shape index (κ3) is 4.03. The zero-order valence-corrected chi connectivity index (χ0v) is 18.5. The van der Waals surface area contributed by atoms with Gasteiger partial charge in [0.15, 0.2) is 0 Å². The van der Waals surface area contributed by atoms with Crippen molar-refractivity contribution < 1.29 is 14.4 Å². The van der Waals surface area contributed by atoms with Gasteiger partial charge in [0, 0.05) is 37.0 Å². The van der Waals surface area contributed by atoms with Gasteiger partial charge in [0.05, 0.1) is 5.69 Å². The molecule has 0 aromatic carbocycles. The molecule has 1 aromatic heterocycles. The highest BCUT2D eigenvalue weighted by Crippen LogP contribution is 2.44. The molecule has 4 fully saturated rings. The van der Waals surface area contributed by atoms with Crippen molar-refractivity contribution in [3.8, 4) is 0 Å². The predicted octanol–water partition coefficient (Wildman–Crippen LogP) is 2.92.